The van der Waals surface area contributed by atoms with Crippen LogP contribution in [0.15, 0.2) is 12.2 Å². The van der Waals surface area contributed by atoms with Gasteiger partial charge in [-0.3, -0.25) is 14.4 Å². The van der Waals surface area contributed by atoms with E-state index in [1.54, 1.807) is 14.0 Å². The number of amides is 2. The molecule has 0 spiro atoms. The summed E-state index contributed by atoms with van der Waals surface area (Å²) >= 11 is 0. The lowest BCUT2D eigenvalue weighted by Gasteiger charge is -2.22. The number of carbonyl (C=O) groups is 3. The number of Topliss-reactive ketones (excluding diaryl/α,β-unsaturated/α-hetero) is 1. The van der Waals surface area contributed by atoms with Crippen LogP contribution in [-0.2, 0) is 14.4 Å². The van der Waals surface area contributed by atoms with Crippen molar-refractivity contribution in [2.24, 2.45) is 0 Å². The van der Waals surface area contributed by atoms with Crippen LogP contribution in [0.5, 0.6) is 0 Å². The van der Waals surface area contributed by atoms with Gasteiger partial charge in [-0.1, -0.05) is 12.2 Å². The molecule has 0 saturated carbocycles. The summed E-state index contributed by atoms with van der Waals surface area (Å²) in [5.74, 6) is -0.564. The maximum atomic E-state index is 12.2. The average molecular weight is 323 g/mol. The second-order valence-corrected chi connectivity index (χ2v) is 6.08. The third-order valence-corrected chi connectivity index (χ3v) is 4.12. The van der Waals surface area contributed by atoms with Crippen LogP contribution in [-0.4, -0.2) is 42.8 Å². The van der Waals surface area contributed by atoms with Crippen LogP contribution < -0.4 is 16.0 Å². The minimum atomic E-state index is -0.663. The predicted octanol–water partition coefficient (Wildman–Crippen LogP) is 1.06. The molecule has 0 aromatic heterocycles. The molecule has 3 unspecified atom stereocenters. The van der Waals surface area contributed by atoms with Gasteiger partial charge in [0.2, 0.25) is 11.8 Å². The minimum Gasteiger partial charge on any atom is -0.345 e. The summed E-state index contributed by atoms with van der Waals surface area (Å²) in [6.45, 7) is 3.12. The zero-order chi connectivity index (χ0) is 17.2. The van der Waals surface area contributed by atoms with Crippen molar-refractivity contribution in [3.63, 3.8) is 0 Å². The van der Waals surface area contributed by atoms with Gasteiger partial charge in [-0.25, -0.2) is 0 Å². The number of hydrogen-bond acceptors (Lipinski definition) is 4. The number of likely N-dealkylation sites (N-methyl/N-ethyl adjacent to an activating group) is 1. The Hall–Kier alpha value is -1.69. The maximum absolute atomic E-state index is 12.2. The van der Waals surface area contributed by atoms with E-state index in [1.165, 1.54) is 6.92 Å². The summed E-state index contributed by atoms with van der Waals surface area (Å²) in [7, 11) is 1.74. The smallest absolute Gasteiger partial charge is 0.242 e. The van der Waals surface area contributed by atoms with E-state index < -0.39 is 12.1 Å². The molecule has 1 heterocycles. The molecule has 130 valence electrons. The van der Waals surface area contributed by atoms with Gasteiger partial charge in [-0.2, -0.15) is 0 Å². The van der Waals surface area contributed by atoms with Gasteiger partial charge in [-0.05, 0) is 59.4 Å². The predicted molar refractivity (Wildman–Crippen MR) is 89.9 cm³/mol. The van der Waals surface area contributed by atoms with E-state index in [-0.39, 0.29) is 23.6 Å². The summed E-state index contributed by atoms with van der Waals surface area (Å²) < 4.78 is 0. The number of carbonyl (C=O) groups excluding carboxylic acids is 3. The van der Waals surface area contributed by atoms with Crippen LogP contribution in [0, 0.1) is 0 Å². The topological polar surface area (TPSA) is 87.3 Å². The first-order chi connectivity index (χ1) is 11.0. The van der Waals surface area contributed by atoms with E-state index in [9.17, 15) is 14.4 Å². The molecule has 1 aliphatic rings. The molecule has 2 amide bonds. The highest BCUT2D eigenvalue weighted by Crippen LogP contribution is 2.07. The fourth-order valence-corrected chi connectivity index (χ4v) is 2.58. The van der Waals surface area contributed by atoms with Crippen LogP contribution in [0.2, 0.25) is 0 Å². The van der Waals surface area contributed by atoms with Crippen molar-refractivity contribution in [3.8, 4) is 0 Å². The quantitative estimate of drug-likeness (QED) is 0.663. The number of hydrogen-bond donors (Lipinski definition) is 3. The number of rotatable bonds is 2. The van der Waals surface area contributed by atoms with Crippen molar-refractivity contribution >= 4 is 17.6 Å². The number of ketones is 1. The van der Waals surface area contributed by atoms with Crippen molar-refractivity contribution in [1.29, 1.82) is 0 Å². The molecule has 0 aromatic rings. The first kappa shape index (κ1) is 19.4. The normalized spacial score (nSPS) is 28.2. The Bertz CT molecular complexity index is 448. The first-order valence-corrected chi connectivity index (χ1v) is 8.39. The molecule has 1 rings (SSSR count). The van der Waals surface area contributed by atoms with Gasteiger partial charge < -0.3 is 16.0 Å². The monoisotopic (exact) mass is 323 g/mol. The van der Waals surface area contributed by atoms with Gasteiger partial charge in [0.05, 0.1) is 12.1 Å². The van der Waals surface area contributed by atoms with Crippen molar-refractivity contribution in [3.05, 3.63) is 12.2 Å². The summed E-state index contributed by atoms with van der Waals surface area (Å²) in [6.07, 6.45) is 9.13. The molecule has 0 fully saturated rings. The molecule has 23 heavy (non-hydrogen) atoms. The Labute approximate surface area is 138 Å². The molecule has 3 N–H and O–H groups in total. The van der Waals surface area contributed by atoms with E-state index >= 15 is 0 Å². The van der Waals surface area contributed by atoms with Crippen LogP contribution in [0.3, 0.4) is 0 Å². The van der Waals surface area contributed by atoms with Gasteiger partial charge in [-0.15, -0.1) is 0 Å². The Morgan fingerprint density at radius 2 is 1.70 bits per heavy atom. The Balaban J connectivity index is 2.79. The van der Waals surface area contributed by atoms with E-state index in [2.05, 4.69) is 28.1 Å². The Kier molecular flexibility index (Phi) is 8.55. The maximum Gasteiger partial charge on any atom is 0.242 e. The molecular weight excluding hydrogens is 294 g/mol. The van der Waals surface area contributed by atoms with Crippen LogP contribution in [0.25, 0.3) is 0 Å². The van der Waals surface area contributed by atoms with Crippen molar-refractivity contribution in [1.82, 2.24) is 16.0 Å². The zero-order valence-corrected chi connectivity index (χ0v) is 14.4. The van der Waals surface area contributed by atoms with Crippen molar-refractivity contribution in [2.45, 2.75) is 70.5 Å². The summed E-state index contributed by atoms with van der Waals surface area (Å²) in [6, 6.07) is -1.46. The van der Waals surface area contributed by atoms with Crippen LogP contribution in [0.4, 0.5) is 0 Å². The molecule has 6 heteroatoms. The second kappa shape index (κ2) is 10.2. The second-order valence-electron chi connectivity index (χ2n) is 6.08. The van der Waals surface area contributed by atoms with Gasteiger partial charge >= 0.3 is 0 Å². The lowest BCUT2D eigenvalue weighted by molar-refractivity contribution is -0.131. The zero-order valence-electron chi connectivity index (χ0n) is 14.4. The highest BCUT2D eigenvalue weighted by Gasteiger charge is 2.24. The van der Waals surface area contributed by atoms with Crippen LogP contribution >= 0.6 is 0 Å². The molecule has 0 saturated heterocycles. The van der Waals surface area contributed by atoms with Gasteiger partial charge in [0.1, 0.15) is 6.04 Å². The van der Waals surface area contributed by atoms with Crippen molar-refractivity contribution < 1.29 is 14.4 Å². The Morgan fingerprint density at radius 3 is 2.26 bits per heavy atom. The van der Waals surface area contributed by atoms with Gasteiger partial charge in [0.15, 0.2) is 5.78 Å². The van der Waals surface area contributed by atoms with E-state index in [0.717, 1.165) is 32.1 Å². The summed E-state index contributed by atoms with van der Waals surface area (Å²) in [5, 5.41) is 8.44. The molecule has 0 radical (unpaired) electrons. The number of allylic oxidation sites excluding steroid dienone is 2. The first-order valence-electron chi connectivity index (χ1n) is 8.39. The third kappa shape index (κ3) is 6.95. The molecule has 0 aromatic carbocycles. The van der Waals surface area contributed by atoms with E-state index in [0.29, 0.717) is 6.42 Å². The standard InChI is InChI=1S/C17H29N3O3/c1-12-16(22)20-14(13(2)21)10-8-6-4-5-7-9-11-15(18-3)17(23)19-12/h4-5,12,14-15,18H,6-11H2,1-3H3,(H,19,23)(H,20,22). The fourth-order valence-electron chi connectivity index (χ4n) is 2.58. The lowest BCUT2D eigenvalue weighted by Crippen LogP contribution is -2.53. The fraction of sp³-hybridized carbons (Fsp3) is 0.706. The molecule has 1 aliphatic heterocycles. The van der Waals surface area contributed by atoms with Gasteiger partial charge in [0, 0.05) is 0 Å². The molecular formula is C17H29N3O3. The van der Waals surface area contributed by atoms with Crippen molar-refractivity contribution in [2.75, 3.05) is 7.05 Å². The Morgan fingerprint density at radius 1 is 1.09 bits per heavy atom. The molecule has 0 aliphatic carbocycles. The van der Waals surface area contributed by atoms with Crippen LogP contribution in [0.1, 0.15) is 52.4 Å². The lowest BCUT2D eigenvalue weighted by atomic mass is 10.1. The average Bonchev–Trinajstić information content (AvgIpc) is 2.51. The summed E-state index contributed by atoms with van der Waals surface area (Å²) in [4.78, 5) is 36.1. The highest BCUT2D eigenvalue weighted by atomic mass is 16.2. The third-order valence-electron chi connectivity index (χ3n) is 4.12. The molecule has 6 nitrogen and oxygen atoms in total. The van der Waals surface area contributed by atoms with Gasteiger partial charge in [0.25, 0.3) is 0 Å². The minimum absolute atomic E-state index is 0.0572. The largest absolute Gasteiger partial charge is 0.345 e. The van der Waals surface area contributed by atoms with E-state index in [1.807, 2.05) is 0 Å². The molecule has 0 bridgehead atoms. The molecule has 3 atom stereocenters. The van der Waals surface area contributed by atoms with E-state index in [4.69, 9.17) is 0 Å². The summed E-state index contributed by atoms with van der Waals surface area (Å²) in [5.41, 5.74) is 0. The highest BCUT2D eigenvalue weighted by molar-refractivity contribution is 5.92. The number of nitrogens with one attached hydrogen (secondary N) is 3. The SMILES string of the molecule is CNC1CCCC=CCCCC(C(C)=O)NC(=O)C(C)NC1=O.